The number of anilines is 1. The fraction of sp³-hybridized carbons (Fsp3) is 0.500. The van der Waals surface area contributed by atoms with Gasteiger partial charge in [-0.1, -0.05) is 18.2 Å². The number of amides is 2. The highest BCUT2D eigenvalue weighted by molar-refractivity contribution is 5.97. The lowest BCUT2D eigenvalue weighted by Crippen LogP contribution is -2.43. The van der Waals surface area contributed by atoms with E-state index in [0.717, 1.165) is 12.1 Å². The number of carbonyl (C=O) groups excluding carboxylic acids is 2. The summed E-state index contributed by atoms with van der Waals surface area (Å²) in [7, 11) is 0. The smallest absolute Gasteiger partial charge is 0.249 e. The maximum Gasteiger partial charge on any atom is 0.249 e. The zero-order valence-corrected chi connectivity index (χ0v) is 13.6. The third-order valence-electron chi connectivity index (χ3n) is 4.20. The van der Waals surface area contributed by atoms with Crippen LogP contribution in [0.3, 0.4) is 0 Å². The van der Waals surface area contributed by atoms with Crippen molar-refractivity contribution >= 4 is 29.9 Å². The van der Waals surface area contributed by atoms with Crippen LogP contribution in [0.1, 0.15) is 19.3 Å². The number of ether oxygens (including phenoxy) is 1. The Bertz CT molecular complexity index is 555. The molecular formula is C16H22ClN3O3. The predicted molar refractivity (Wildman–Crippen MR) is 89.5 cm³/mol. The minimum absolute atomic E-state index is 0. The van der Waals surface area contributed by atoms with Gasteiger partial charge in [0.2, 0.25) is 11.8 Å². The molecular weight excluding hydrogens is 318 g/mol. The number of nitrogens with one attached hydrogen (secondary N) is 1. The van der Waals surface area contributed by atoms with Crippen molar-refractivity contribution in [1.29, 1.82) is 0 Å². The van der Waals surface area contributed by atoms with Crippen molar-refractivity contribution < 1.29 is 14.3 Å². The summed E-state index contributed by atoms with van der Waals surface area (Å²) in [5.74, 6) is -0.104. The number of nitrogens with zero attached hydrogens (tertiary/aromatic N) is 1. The Labute approximate surface area is 141 Å². The van der Waals surface area contributed by atoms with Gasteiger partial charge < -0.3 is 20.7 Å². The van der Waals surface area contributed by atoms with Gasteiger partial charge in [-0.05, 0) is 25.0 Å². The minimum Gasteiger partial charge on any atom is -0.364 e. The molecule has 6 nitrogen and oxygen atoms in total. The monoisotopic (exact) mass is 339 g/mol. The molecule has 2 amide bonds. The lowest BCUT2D eigenvalue weighted by molar-refractivity contribution is -0.132. The number of halogens is 1. The van der Waals surface area contributed by atoms with Gasteiger partial charge in [0, 0.05) is 25.2 Å². The molecule has 0 radical (unpaired) electrons. The van der Waals surface area contributed by atoms with Gasteiger partial charge in [-0.2, -0.15) is 0 Å². The molecule has 2 heterocycles. The molecule has 2 aliphatic rings. The number of benzene rings is 1. The zero-order chi connectivity index (χ0) is 15.5. The molecule has 3 atom stereocenters. The molecule has 3 rings (SSSR count). The molecule has 0 saturated carbocycles. The molecule has 2 aliphatic heterocycles. The number of para-hydroxylation sites is 1. The average molecular weight is 340 g/mol. The molecule has 0 spiro atoms. The summed E-state index contributed by atoms with van der Waals surface area (Å²) >= 11 is 0. The van der Waals surface area contributed by atoms with E-state index in [1.807, 2.05) is 30.3 Å². The number of hydrogen-bond donors (Lipinski definition) is 2. The van der Waals surface area contributed by atoms with Crippen LogP contribution in [0.25, 0.3) is 0 Å². The van der Waals surface area contributed by atoms with Crippen LogP contribution in [0.2, 0.25) is 0 Å². The van der Waals surface area contributed by atoms with Crippen LogP contribution in [0.5, 0.6) is 0 Å². The van der Waals surface area contributed by atoms with Crippen LogP contribution in [0.15, 0.2) is 30.3 Å². The van der Waals surface area contributed by atoms with Crippen molar-refractivity contribution in [2.75, 3.05) is 18.0 Å². The maximum atomic E-state index is 12.2. The topological polar surface area (TPSA) is 84.7 Å². The second-order valence-electron chi connectivity index (χ2n) is 5.81. The van der Waals surface area contributed by atoms with Gasteiger partial charge in [-0.25, -0.2) is 0 Å². The van der Waals surface area contributed by atoms with Gasteiger partial charge in [0.05, 0.1) is 12.1 Å². The fourth-order valence-corrected chi connectivity index (χ4v) is 3.03. The van der Waals surface area contributed by atoms with Crippen LogP contribution in [0.4, 0.5) is 5.69 Å². The maximum absolute atomic E-state index is 12.2. The fourth-order valence-electron chi connectivity index (χ4n) is 3.03. The molecule has 1 aromatic rings. The number of hydrogen-bond acceptors (Lipinski definition) is 4. The normalized spacial score (nSPS) is 26.9. The molecule has 126 valence electrons. The SMILES string of the molecule is Cl.NC[C@H]1CC[C@@H](C(=O)NC2CC(=O)N(c3ccccc3)C2)O1. The summed E-state index contributed by atoms with van der Waals surface area (Å²) in [4.78, 5) is 26.0. The third-order valence-corrected chi connectivity index (χ3v) is 4.20. The van der Waals surface area contributed by atoms with E-state index in [0.29, 0.717) is 25.9 Å². The third kappa shape index (κ3) is 4.02. The molecule has 0 aromatic heterocycles. The van der Waals surface area contributed by atoms with Gasteiger partial charge in [-0.3, -0.25) is 9.59 Å². The van der Waals surface area contributed by atoms with Gasteiger partial charge >= 0.3 is 0 Å². The van der Waals surface area contributed by atoms with E-state index in [9.17, 15) is 9.59 Å². The Morgan fingerprint density at radius 2 is 2.04 bits per heavy atom. The highest BCUT2D eigenvalue weighted by Gasteiger charge is 2.35. The molecule has 2 saturated heterocycles. The first-order valence-corrected chi connectivity index (χ1v) is 7.68. The standard InChI is InChI=1S/C16H21N3O3.ClH/c17-9-13-6-7-14(22-13)16(21)18-11-8-15(20)19(10-11)12-4-2-1-3-5-12;/h1-5,11,13-14H,6-10,17H2,(H,18,21);1H/t11?,13-,14+;/m1./s1. The molecule has 0 bridgehead atoms. The summed E-state index contributed by atoms with van der Waals surface area (Å²) in [6.45, 7) is 0.940. The van der Waals surface area contributed by atoms with E-state index < -0.39 is 6.10 Å². The second kappa shape index (κ2) is 7.77. The van der Waals surface area contributed by atoms with E-state index in [1.165, 1.54) is 0 Å². The number of carbonyl (C=O) groups is 2. The Balaban J connectivity index is 0.00000192. The van der Waals surface area contributed by atoms with Crippen molar-refractivity contribution in [3.63, 3.8) is 0 Å². The van der Waals surface area contributed by atoms with Crippen molar-refractivity contribution in [3.05, 3.63) is 30.3 Å². The van der Waals surface area contributed by atoms with E-state index in [2.05, 4.69) is 5.32 Å². The first kappa shape index (κ1) is 17.7. The van der Waals surface area contributed by atoms with E-state index in [4.69, 9.17) is 10.5 Å². The highest BCUT2D eigenvalue weighted by atomic mass is 35.5. The Kier molecular flexibility index (Phi) is 5.98. The summed E-state index contributed by atoms with van der Waals surface area (Å²) in [5.41, 5.74) is 6.42. The molecule has 7 heteroatoms. The van der Waals surface area contributed by atoms with Gasteiger partial charge in [-0.15, -0.1) is 12.4 Å². The van der Waals surface area contributed by atoms with Gasteiger partial charge in [0.1, 0.15) is 6.10 Å². The first-order valence-electron chi connectivity index (χ1n) is 7.68. The lowest BCUT2D eigenvalue weighted by atomic mass is 10.1. The van der Waals surface area contributed by atoms with Crippen molar-refractivity contribution in [3.8, 4) is 0 Å². The van der Waals surface area contributed by atoms with Crippen molar-refractivity contribution in [2.45, 2.75) is 37.5 Å². The summed E-state index contributed by atoms with van der Waals surface area (Å²) in [5, 5.41) is 2.93. The van der Waals surface area contributed by atoms with Crippen molar-refractivity contribution in [1.82, 2.24) is 5.32 Å². The Hall–Kier alpha value is -1.63. The summed E-state index contributed by atoms with van der Waals surface area (Å²) in [6, 6.07) is 9.33. The molecule has 0 aliphatic carbocycles. The van der Waals surface area contributed by atoms with Crippen molar-refractivity contribution in [2.24, 2.45) is 5.73 Å². The Morgan fingerprint density at radius 3 is 2.70 bits per heavy atom. The van der Waals surface area contributed by atoms with E-state index in [-0.39, 0.29) is 36.4 Å². The molecule has 1 unspecified atom stereocenters. The van der Waals surface area contributed by atoms with E-state index >= 15 is 0 Å². The molecule has 3 N–H and O–H groups in total. The zero-order valence-electron chi connectivity index (χ0n) is 12.8. The van der Waals surface area contributed by atoms with Crippen LogP contribution in [0, 0.1) is 0 Å². The second-order valence-corrected chi connectivity index (χ2v) is 5.81. The number of rotatable bonds is 4. The van der Waals surface area contributed by atoms with Crippen LogP contribution < -0.4 is 16.0 Å². The molecule has 1 aromatic carbocycles. The minimum atomic E-state index is -0.436. The highest BCUT2D eigenvalue weighted by Crippen LogP contribution is 2.22. The largest absolute Gasteiger partial charge is 0.364 e. The van der Waals surface area contributed by atoms with Gasteiger partial charge in [0.15, 0.2) is 0 Å². The van der Waals surface area contributed by atoms with Crippen LogP contribution in [-0.4, -0.2) is 43.2 Å². The quantitative estimate of drug-likeness (QED) is 0.851. The molecule has 2 fully saturated rings. The predicted octanol–water partition coefficient (Wildman–Crippen LogP) is 0.836. The van der Waals surface area contributed by atoms with Gasteiger partial charge in [0.25, 0.3) is 0 Å². The summed E-state index contributed by atoms with van der Waals surface area (Å²) in [6.07, 6.45) is 1.37. The lowest BCUT2D eigenvalue weighted by Gasteiger charge is -2.18. The first-order chi connectivity index (χ1) is 10.7. The number of nitrogens with two attached hydrogens (primary N) is 1. The van der Waals surface area contributed by atoms with E-state index in [1.54, 1.807) is 4.90 Å². The Morgan fingerprint density at radius 1 is 1.30 bits per heavy atom. The average Bonchev–Trinajstić information content (AvgIpc) is 3.15. The van der Waals surface area contributed by atoms with Crippen LogP contribution in [-0.2, 0) is 14.3 Å². The van der Waals surface area contributed by atoms with Crippen LogP contribution >= 0.6 is 12.4 Å². The molecule has 23 heavy (non-hydrogen) atoms. The summed E-state index contributed by atoms with van der Waals surface area (Å²) < 4.78 is 5.59.